The molecule has 0 aliphatic carbocycles. The molecule has 2 aromatic rings. The van der Waals surface area contributed by atoms with Crippen LogP contribution in [0.4, 0.5) is 0 Å². The number of hydrogen-bond donors (Lipinski definition) is 0. The van der Waals surface area contributed by atoms with Crippen LogP contribution in [0.2, 0.25) is 0 Å². The third-order valence-corrected chi connectivity index (χ3v) is 3.84. The van der Waals surface area contributed by atoms with Crippen molar-refractivity contribution in [2.45, 2.75) is 45.3 Å². The van der Waals surface area contributed by atoms with Gasteiger partial charge in [0.05, 0.1) is 19.1 Å². The minimum Gasteiger partial charge on any atom is -0.456 e. The fourth-order valence-corrected chi connectivity index (χ4v) is 2.93. The summed E-state index contributed by atoms with van der Waals surface area (Å²) in [5.41, 5.74) is 0.952. The summed E-state index contributed by atoms with van der Waals surface area (Å²) in [6, 6.07) is 0. The normalized spacial score (nSPS) is 25.0. The number of hydrogen-bond acceptors (Lipinski definition) is 10. The summed E-state index contributed by atoms with van der Waals surface area (Å²) < 4.78 is 23.2. The zero-order valence-corrected chi connectivity index (χ0v) is 14.9. The van der Waals surface area contributed by atoms with Crippen molar-refractivity contribution >= 4 is 29.1 Å². The number of carbonyl (C=O) groups excluding carboxylic acids is 3. The first kappa shape index (κ1) is 18.7. The highest BCUT2D eigenvalue weighted by Gasteiger charge is 2.48. The molecule has 0 aromatic carbocycles. The molecule has 27 heavy (non-hydrogen) atoms. The lowest BCUT2D eigenvalue weighted by Crippen LogP contribution is -2.55. The summed E-state index contributed by atoms with van der Waals surface area (Å²) in [6.45, 7) is 3.56. The zero-order valence-electron chi connectivity index (χ0n) is 14.9. The minimum atomic E-state index is -1.09. The van der Waals surface area contributed by atoms with E-state index in [1.165, 1.54) is 39.6 Å². The van der Waals surface area contributed by atoms with E-state index in [2.05, 4.69) is 15.0 Å². The Morgan fingerprint density at radius 3 is 2.37 bits per heavy atom. The molecule has 1 aliphatic rings. The zero-order chi connectivity index (χ0) is 19.6. The fraction of sp³-hybridized carbons (Fsp3) is 0.500. The second kappa shape index (κ2) is 7.66. The van der Waals surface area contributed by atoms with Crippen LogP contribution in [0.1, 0.15) is 27.0 Å². The fourth-order valence-electron chi connectivity index (χ4n) is 2.93. The molecule has 1 aliphatic heterocycles. The number of esters is 3. The maximum absolute atomic E-state index is 11.7. The number of fused-ring (bicyclic) bond motifs is 1. The molecule has 0 unspecified atom stereocenters. The molecule has 0 amide bonds. The molecule has 3 heterocycles. The number of ether oxygens (including phenoxy) is 4. The molecule has 0 spiro atoms. The van der Waals surface area contributed by atoms with Gasteiger partial charge in [0, 0.05) is 20.8 Å². The summed E-state index contributed by atoms with van der Waals surface area (Å²) in [6.07, 6.45) is 0.340. The van der Waals surface area contributed by atoms with E-state index in [9.17, 15) is 14.4 Å². The Morgan fingerprint density at radius 2 is 1.70 bits per heavy atom. The molecule has 11 heteroatoms. The summed E-state index contributed by atoms with van der Waals surface area (Å²) in [5.74, 6) is -1.82. The molecule has 0 radical (unpaired) electrons. The lowest BCUT2D eigenvalue weighted by molar-refractivity contribution is -0.239. The van der Waals surface area contributed by atoms with E-state index in [0.717, 1.165) is 0 Å². The van der Waals surface area contributed by atoms with E-state index in [-0.39, 0.29) is 6.61 Å². The van der Waals surface area contributed by atoms with Crippen LogP contribution in [0.5, 0.6) is 0 Å². The van der Waals surface area contributed by atoms with Crippen molar-refractivity contribution in [1.82, 2.24) is 19.5 Å². The van der Waals surface area contributed by atoms with Crippen LogP contribution in [0, 0.1) is 0 Å². The number of carbonyl (C=O) groups is 3. The van der Waals surface area contributed by atoms with Crippen LogP contribution in [-0.4, -0.2) is 62.3 Å². The highest BCUT2D eigenvalue weighted by Crippen LogP contribution is 2.32. The second-order valence-corrected chi connectivity index (χ2v) is 5.90. The number of imidazole rings is 1. The highest BCUT2D eigenvalue weighted by atomic mass is 16.6. The van der Waals surface area contributed by atoms with E-state index < -0.39 is 42.4 Å². The first-order chi connectivity index (χ1) is 12.9. The Morgan fingerprint density at radius 1 is 1.04 bits per heavy atom. The van der Waals surface area contributed by atoms with Crippen LogP contribution < -0.4 is 0 Å². The van der Waals surface area contributed by atoms with Crippen molar-refractivity contribution in [2.24, 2.45) is 0 Å². The lowest BCUT2D eigenvalue weighted by atomic mass is 10.0. The summed E-state index contributed by atoms with van der Waals surface area (Å²) in [5, 5.41) is 0. The summed E-state index contributed by atoms with van der Waals surface area (Å²) >= 11 is 0. The topological polar surface area (TPSA) is 132 Å². The van der Waals surface area contributed by atoms with Crippen molar-refractivity contribution in [3.63, 3.8) is 0 Å². The first-order valence-corrected chi connectivity index (χ1v) is 8.12. The third-order valence-electron chi connectivity index (χ3n) is 3.84. The van der Waals surface area contributed by atoms with Gasteiger partial charge >= 0.3 is 17.9 Å². The predicted octanol–water partition coefficient (Wildman–Crippen LogP) is 0.150. The average molecular weight is 378 g/mol. The largest absolute Gasteiger partial charge is 0.456 e. The Kier molecular flexibility index (Phi) is 5.31. The van der Waals surface area contributed by atoms with Crippen molar-refractivity contribution in [1.29, 1.82) is 0 Å². The SMILES string of the molecule is CC(=O)O[C@@H]1[C@H](OC(C)=O)[C@H](OC(C)=O)CO[C@H]1n1cnc2cncnc21. The monoisotopic (exact) mass is 378 g/mol. The molecule has 4 atom stereocenters. The van der Waals surface area contributed by atoms with Gasteiger partial charge < -0.3 is 18.9 Å². The summed E-state index contributed by atoms with van der Waals surface area (Å²) in [4.78, 5) is 46.9. The van der Waals surface area contributed by atoms with Gasteiger partial charge in [-0.15, -0.1) is 0 Å². The number of rotatable bonds is 4. The van der Waals surface area contributed by atoms with E-state index in [1.807, 2.05) is 0 Å². The van der Waals surface area contributed by atoms with Crippen LogP contribution in [0.15, 0.2) is 18.9 Å². The smallest absolute Gasteiger partial charge is 0.303 e. The van der Waals surface area contributed by atoms with Crippen LogP contribution in [-0.2, 0) is 33.3 Å². The molecule has 11 nitrogen and oxygen atoms in total. The van der Waals surface area contributed by atoms with Crippen molar-refractivity contribution in [3.8, 4) is 0 Å². The molecular formula is C16H18N4O7. The molecule has 1 saturated heterocycles. The van der Waals surface area contributed by atoms with Gasteiger partial charge in [-0.1, -0.05) is 0 Å². The average Bonchev–Trinajstić information content (AvgIpc) is 3.00. The van der Waals surface area contributed by atoms with Gasteiger partial charge in [-0.05, 0) is 0 Å². The number of aromatic nitrogens is 4. The Bertz CT molecular complexity index is 867. The van der Waals surface area contributed by atoms with Gasteiger partial charge in [0.1, 0.15) is 11.8 Å². The molecule has 1 fully saturated rings. The van der Waals surface area contributed by atoms with Gasteiger partial charge in [-0.2, -0.15) is 0 Å². The Labute approximate surface area is 153 Å². The quantitative estimate of drug-likeness (QED) is 0.535. The first-order valence-electron chi connectivity index (χ1n) is 8.12. The van der Waals surface area contributed by atoms with E-state index in [1.54, 1.807) is 4.57 Å². The lowest BCUT2D eigenvalue weighted by Gasteiger charge is -2.40. The van der Waals surface area contributed by atoms with E-state index in [0.29, 0.717) is 11.2 Å². The van der Waals surface area contributed by atoms with Crippen LogP contribution in [0.3, 0.4) is 0 Å². The Balaban J connectivity index is 2.01. The van der Waals surface area contributed by atoms with Crippen molar-refractivity contribution < 1.29 is 33.3 Å². The van der Waals surface area contributed by atoms with Crippen molar-refractivity contribution in [3.05, 3.63) is 18.9 Å². The standard InChI is InChI=1S/C16H18N4O7/c1-8(21)25-12-5-24-16(14(27-10(3)23)13(12)26-9(2)22)20-7-19-11-4-17-6-18-15(11)20/h4,6-7,12-14,16H,5H2,1-3H3/t12-,13-,14-,16-/m1/s1. The van der Waals surface area contributed by atoms with E-state index >= 15 is 0 Å². The van der Waals surface area contributed by atoms with Gasteiger partial charge in [0.15, 0.2) is 30.2 Å². The summed E-state index contributed by atoms with van der Waals surface area (Å²) in [7, 11) is 0. The van der Waals surface area contributed by atoms with Crippen molar-refractivity contribution in [2.75, 3.05) is 6.61 Å². The molecule has 0 N–H and O–H groups in total. The molecule has 0 bridgehead atoms. The maximum Gasteiger partial charge on any atom is 0.303 e. The molecule has 0 saturated carbocycles. The van der Waals surface area contributed by atoms with Gasteiger partial charge in [-0.3, -0.25) is 19.0 Å². The molecule has 3 rings (SSSR count). The van der Waals surface area contributed by atoms with E-state index in [4.69, 9.17) is 18.9 Å². The highest BCUT2D eigenvalue weighted by molar-refractivity contribution is 5.70. The molecule has 144 valence electrons. The maximum atomic E-state index is 11.7. The van der Waals surface area contributed by atoms with Gasteiger partial charge in [-0.25, -0.2) is 15.0 Å². The second-order valence-electron chi connectivity index (χ2n) is 5.90. The minimum absolute atomic E-state index is 0.0787. The third kappa shape index (κ3) is 4.03. The van der Waals surface area contributed by atoms with Gasteiger partial charge in [0.25, 0.3) is 0 Å². The Hall–Kier alpha value is -3.08. The molecular weight excluding hydrogens is 360 g/mol. The molecule has 2 aromatic heterocycles. The predicted molar refractivity (Wildman–Crippen MR) is 87.0 cm³/mol. The van der Waals surface area contributed by atoms with Crippen LogP contribution >= 0.6 is 0 Å². The van der Waals surface area contributed by atoms with Crippen LogP contribution in [0.25, 0.3) is 11.2 Å². The number of nitrogens with zero attached hydrogens (tertiary/aromatic N) is 4. The van der Waals surface area contributed by atoms with Gasteiger partial charge in [0.2, 0.25) is 0 Å².